The van der Waals surface area contributed by atoms with E-state index in [0.29, 0.717) is 0 Å². The van der Waals surface area contributed by atoms with E-state index in [1.807, 2.05) is 60.7 Å². The van der Waals surface area contributed by atoms with Crippen LogP contribution in [0.25, 0.3) is 12.2 Å². The van der Waals surface area contributed by atoms with Crippen LogP contribution in [0, 0.1) is 0 Å². The Morgan fingerprint density at radius 2 is 1.09 bits per heavy atom. The fourth-order valence-electron chi connectivity index (χ4n) is 3.99. The maximum atomic E-state index is 13.1. The molecule has 1 aliphatic rings. The summed E-state index contributed by atoms with van der Waals surface area (Å²) in [7, 11) is 0. The summed E-state index contributed by atoms with van der Waals surface area (Å²) >= 11 is 0. The molecule has 0 bridgehead atoms. The molecular weight excluding hydrogens is 408 g/mol. The molecule has 3 nitrogen and oxygen atoms in total. The number of ether oxygens (including phenoxy) is 2. The van der Waals surface area contributed by atoms with Gasteiger partial charge in [0.05, 0.1) is 13.2 Å². The van der Waals surface area contributed by atoms with Gasteiger partial charge in [-0.25, -0.2) is 0 Å². The lowest BCUT2D eigenvalue weighted by atomic mass is 9.87. The molecule has 0 aromatic heterocycles. The molecule has 0 spiro atoms. The van der Waals surface area contributed by atoms with Gasteiger partial charge >= 0.3 is 0 Å². The van der Waals surface area contributed by atoms with Crippen LogP contribution in [-0.2, 0) is 4.79 Å². The van der Waals surface area contributed by atoms with Crippen LogP contribution in [0.1, 0.15) is 82.8 Å². The molecule has 1 fully saturated rings. The monoisotopic (exact) mass is 446 g/mol. The van der Waals surface area contributed by atoms with E-state index >= 15 is 0 Å². The normalized spacial score (nSPS) is 16.4. The first-order valence-corrected chi connectivity index (χ1v) is 12.6. The summed E-state index contributed by atoms with van der Waals surface area (Å²) in [6, 6.07) is 16.1. The van der Waals surface area contributed by atoms with Gasteiger partial charge in [0.15, 0.2) is 5.78 Å². The average Bonchev–Trinajstić information content (AvgIpc) is 2.84. The molecule has 176 valence electrons. The molecule has 0 atom stereocenters. The van der Waals surface area contributed by atoms with E-state index < -0.39 is 0 Å². The number of hydrogen-bond acceptors (Lipinski definition) is 3. The molecule has 0 radical (unpaired) electrons. The highest BCUT2D eigenvalue weighted by molar-refractivity contribution is 6.13. The summed E-state index contributed by atoms with van der Waals surface area (Å²) < 4.78 is 11.6. The maximum absolute atomic E-state index is 13.1. The Bertz CT molecular complexity index is 845. The number of benzene rings is 2. The van der Waals surface area contributed by atoms with Gasteiger partial charge in [-0.1, -0.05) is 63.8 Å². The van der Waals surface area contributed by atoms with E-state index in [9.17, 15) is 4.79 Å². The second-order valence-electron chi connectivity index (χ2n) is 8.77. The third-order valence-corrected chi connectivity index (χ3v) is 5.95. The second kappa shape index (κ2) is 13.7. The number of carbonyl (C=O) groups excluding carboxylic acids is 1. The summed E-state index contributed by atoms with van der Waals surface area (Å²) in [4.78, 5) is 13.1. The Hall–Kier alpha value is -2.81. The highest BCUT2D eigenvalue weighted by atomic mass is 16.5. The van der Waals surface area contributed by atoms with Crippen LogP contribution in [0.15, 0.2) is 59.7 Å². The Labute approximate surface area is 199 Å². The lowest BCUT2D eigenvalue weighted by Crippen LogP contribution is -2.12. The minimum absolute atomic E-state index is 0.168. The summed E-state index contributed by atoms with van der Waals surface area (Å²) in [5.41, 5.74) is 3.87. The number of allylic oxidation sites excluding steroid dienone is 2. The molecule has 2 aromatic rings. The molecule has 0 amide bonds. The predicted octanol–water partition coefficient (Wildman–Crippen LogP) is 8.04. The van der Waals surface area contributed by atoms with E-state index in [0.717, 1.165) is 79.1 Å². The van der Waals surface area contributed by atoms with Crippen LogP contribution >= 0.6 is 0 Å². The van der Waals surface area contributed by atoms with E-state index in [2.05, 4.69) is 13.8 Å². The first kappa shape index (κ1) is 24.8. The van der Waals surface area contributed by atoms with Crippen LogP contribution in [0.3, 0.4) is 0 Å². The number of rotatable bonds is 12. The van der Waals surface area contributed by atoms with Crippen molar-refractivity contribution < 1.29 is 14.3 Å². The standard InChI is InChI=1S/C30H38O3/c1-3-5-7-20-32-28-16-12-24(13-17-28)22-26-10-9-11-27(30(26)31)23-25-14-18-29(19-15-25)33-21-8-6-4-2/h12-19,22-23H,3-11,20-21H2,1-2H3/b26-22-,27-23-. The molecule has 0 aliphatic heterocycles. The van der Waals surface area contributed by atoms with Gasteiger partial charge in [-0.15, -0.1) is 0 Å². The molecule has 0 unspecified atom stereocenters. The van der Waals surface area contributed by atoms with E-state index in [1.54, 1.807) is 0 Å². The summed E-state index contributed by atoms with van der Waals surface area (Å²) in [6.07, 6.45) is 13.7. The average molecular weight is 447 g/mol. The molecule has 1 aliphatic carbocycles. The van der Waals surface area contributed by atoms with Crippen molar-refractivity contribution in [3.63, 3.8) is 0 Å². The van der Waals surface area contributed by atoms with Gasteiger partial charge in [0, 0.05) is 11.1 Å². The predicted molar refractivity (Wildman–Crippen MR) is 138 cm³/mol. The topological polar surface area (TPSA) is 35.5 Å². The van der Waals surface area contributed by atoms with Crippen LogP contribution < -0.4 is 9.47 Å². The Balaban J connectivity index is 1.59. The molecule has 0 heterocycles. The van der Waals surface area contributed by atoms with Gasteiger partial charge in [-0.2, -0.15) is 0 Å². The van der Waals surface area contributed by atoms with Gasteiger partial charge in [0.1, 0.15) is 11.5 Å². The minimum Gasteiger partial charge on any atom is -0.494 e. The molecular formula is C30H38O3. The Morgan fingerprint density at radius 1 is 0.667 bits per heavy atom. The highest BCUT2D eigenvalue weighted by Gasteiger charge is 2.20. The smallest absolute Gasteiger partial charge is 0.185 e. The largest absolute Gasteiger partial charge is 0.494 e. The van der Waals surface area contributed by atoms with Gasteiger partial charge in [0.25, 0.3) is 0 Å². The number of unbranched alkanes of at least 4 members (excludes halogenated alkanes) is 4. The summed E-state index contributed by atoms with van der Waals surface area (Å²) in [5.74, 6) is 1.95. The van der Waals surface area contributed by atoms with Gasteiger partial charge in [-0.3, -0.25) is 4.79 Å². The number of carbonyl (C=O) groups is 1. The van der Waals surface area contributed by atoms with Gasteiger partial charge in [-0.05, 0) is 79.6 Å². The van der Waals surface area contributed by atoms with Crippen molar-refractivity contribution in [1.82, 2.24) is 0 Å². The van der Waals surface area contributed by atoms with Crippen LogP contribution in [-0.4, -0.2) is 19.0 Å². The zero-order valence-electron chi connectivity index (χ0n) is 20.3. The second-order valence-corrected chi connectivity index (χ2v) is 8.77. The van der Waals surface area contributed by atoms with Crippen molar-refractivity contribution in [3.05, 3.63) is 70.8 Å². The van der Waals surface area contributed by atoms with Crippen LogP contribution in [0.2, 0.25) is 0 Å². The Morgan fingerprint density at radius 3 is 1.48 bits per heavy atom. The van der Waals surface area contributed by atoms with Gasteiger partial charge in [0.2, 0.25) is 0 Å². The number of Topliss-reactive ketones (excluding diaryl/α,β-unsaturated/α-hetero) is 1. The molecule has 3 heteroatoms. The van der Waals surface area contributed by atoms with Crippen LogP contribution in [0.5, 0.6) is 11.5 Å². The minimum atomic E-state index is 0.168. The van der Waals surface area contributed by atoms with Crippen molar-refractivity contribution in [2.24, 2.45) is 0 Å². The van der Waals surface area contributed by atoms with Crippen molar-refractivity contribution in [1.29, 1.82) is 0 Å². The highest BCUT2D eigenvalue weighted by Crippen LogP contribution is 2.29. The van der Waals surface area contributed by atoms with Crippen molar-refractivity contribution in [2.45, 2.75) is 71.6 Å². The van der Waals surface area contributed by atoms with Crippen LogP contribution in [0.4, 0.5) is 0 Å². The molecule has 0 saturated heterocycles. The van der Waals surface area contributed by atoms with E-state index in [-0.39, 0.29) is 5.78 Å². The summed E-state index contributed by atoms with van der Waals surface area (Å²) in [5, 5.41) is 0. The molecule has 2 aromatic carbocycles. The SMILES string of the molecule is CCCCCOc1ccc(/C=C2/CCC/C(=C/c3ccc(OCCCCC)cc3)C2=O)cc1. The fourth-order valence-corrected chi connectivity index (χ4v) is 3.99. The Kier molecular flexibility index (Phi) is 10.3. The number of hydrogen-bond donors (Lipinski definition) is 0. The van der Waals surface area contributed by atoms with E-state index in [1.165, 1.54) is 25.7 Å². The first-order valence-electron chi connectivity index (χ1n) is 12.6. The van der Waals surface area contributed by atoms with Crippen molar-refractivity contribution in [2.75, 3.05) is 13.2 Å². The van der Waals surface area contributed by atoms with Crippen molar-refractivity contribution >= 4 is 17.9 Å². The quantitative estimate of drug-likeness (QED) is 0.244. The molecule has 0 N–H and O–H groups in total. The molecule has 1 saturated carbocycles. The lowest BCUT2D eigenvalue weighted by Gasteiger charge is -2.17. The van der Waals surface area contributed by atoms with Crippen molar-refractivity contribution in [3.8, 4) is 11.5 Å². The summed E-state index contributed by atoms with van der Waals surface area (Å²) in [6.45, 7) is 5.90. The zero-order chi connectivity index (χ0) is 23.3. The zero-order valence-corrected chi connectivity index (χ0v) is 20.3. The lowest BCUT2D eigenvalue weighted by molar-refractivity contribution is -0.112. The molecule has 33 heavy (non-hydrogen) atoms. The van der Waals surface area contributed by atoms with E-state index in [4.69, 9.17) is 9.47 Å². The van der Waals surface area contributed by atoms with Gasteiger partial charge < -0.3 is 9.47 Å². The fraction of sp³-hybridized carbons (Fsp3) is 0.433. The maximum Gasteiger partial charge on any atom is 0.185 e. The molecule has 3 rings (SSSR count). The number of ketones is 1. The third kappa shape index (κ3) is 8.24. The first-order chi connectivity index (χ1) is 16.2. The third-order valence-electron chi connectivity index (χ3n) is 5.95.